The summed E-state index contributed by atoms with van der Waals surface area (Å²) in [5, 5.41) is 7.05. The summed E-state index contributed by atoms with van der Waals surface area (Å²) >= 11 is 0. The van der Waals surface area contributed by atoms with E-state index in [4.69, 9.17) is 19.4 Å². The first-order valence-electron chi connectivity index (χ1n) is 20.2. The van der Waals surface area contributed by atoms with Crippen LogP contribution in [0.15, 0.2) is 211 Å². The van der Waals surface area contributed by atoms with Gasteiger partial charge in [0.25, 0.3) is 0 Å². The number of hydrogen-bond donors (Lipinski definition) is 0. The van der Waals surface area contributed by atoms with Crippen LogP contribution in [-0.2, 0) is 0 Å². The van der Waals surface area contributed by atoms with Crippen molar-refractivity contribution in [3.8, 4) is 62.1 Å². The Labute approximate surface area is 345 Å². The number of aromatic nitrogens is 4. The molecule has 280 valence electrons. The molecule has 0 atom stereocenters. The zero-order valence-corrected chi connectivity index (χ0v) is 32.3. The lowest BCUT2D eigenvalue weighted by Gasteiger charge is -2.13. The molecule has 5 heteroatoms. The number of nitrogens with zero attached hydrogens (tertiary/aromatic N) is 4. The summed E-state index contributed by atoms with van der Waals surface area (Å²) in [7, 11) is 0. The van der Waals surface area contributed by atoms with Gasteiger partial charge in [-0.05, 0) is 69.4 Å². The molecule has 0 aliphatic rings. The maximum atomic E-state index is 6.69. The fraction of sp³-hybridized carbons (Fsp3) is 0. The van der Waals surface area contributed by atoms with Crippen LogP contribution in [0.4, 0.5) is 0 Å². The SMILES string of the molecule is c1ccc(-c2ccc3c(c2)c2c4ccccc4ccc2n3-c2cc(-c3ccc(-c4nc(-c5ccccc5)nc(-c5ccccc5)n4)cc3)cc3oc4ccccc4c23)cc1. The predicted octanol–water partition coefficient (Wildman–Crippen LogP) is 14.4. The van der Waals surface area contributed by atoms with Gasteiger partial charge in [-0.1, -0.05) is 170 Å². The largest absolute Gasteiger partial charge is 0.456 e. The van der Waals surface area contributed by atoms with Crippen LogP contribution in [0.5, 0.6) is 0 Å². The number of benzene rings is 9. The summed E-state index contributed by atoms with van der Waals surface area (Å²) in [5.41, 5.74) is 12.3. The molecule has 0 aliphatic heterocycles. The molecule has 0 radical (unpaired) electrons. The van der Waals surface area contributed by atoms with E-state index in [-0.39, 0.29) is 0 Å². The Hall–Kier alpha value is -8.15. The molecule has 0 N–H and O–H groups in total. The van der Waals surface area contributed by atoms with Crippen molar-refractivity contribution >= 4 is 54.5 Å². The normalized spacial score (nSPS) is 11.7. The van der Waals surface area contributed by atoms with Gasteiger partial charge in [0, 0.05) is 32.8 Å². The van der Waals surface area contributed by atoms with Crippen LogP contribution >= 0.6 is 0 Å². The van der Waals surface area contributed by atoms with Gasteiger partial charge >= 0.3 is 0 Å². The van der Waals surface area contributed by atoms with Crippen molar-refractivity contribution in [2.75, 3.05) is 0 Å². The second-order valence-corrected chi connectivity index (χ2v) is 15.2. The van der Waals surface area contributed by atoms with Crippen molar-refractivity contribution in [3.05, 3.63) is 206 Å². The van der Waals surface area contributed by atoms with Crippen molar-refractivity contribution in [1.82, 2.24) is 19.5 Å². The van der Waals surface area contributed by atoms with Crippen LogP contribution in [0.25, 0.3) is 117 Å². The molecule has 9 aromatic carbocycles. The van der Waals surface area contributed by atoms with E-state index in [1.165, 1.54) is 32.7 Å². The third kappa shape index (κ3) is 5.59. The summed E-state index contributed by atoms with van der Waals surface area (Å²) < 4.78 is 9.13. The predicted molar refractivity (Wildman–Crippen MR) is 246 cm³/mol. The lowest BCUT2D eigenvalue weighted by molar-refractivity contribution is 0.669. The van der Waals surface area contributed by atoms with Crippen LogP contribution in [0, 0.1) is 0 Å². The van der Waals surface area contributed by atoms with E-state index in [2.05, 4.69) is 144 Å². The highest BCUT2D eigenvalue weighted by atomic mass is 16.3. The first kappa shape index (κ1) is 33.9. The van der Waals surface area contributed by atoms with Crippen molar-refractivity contribution in [2.24, 2.45) is 0 Å². The number of fused-ring (bicyclic) bond motifs is 8. The smallest absolute Gasteiger partial charge is 0.164 e. The van der Waals surface area contributed by atoms with Gasteiger partial charge in [0.1, 0.15) is 11.2 Å². The Balaban J connectivity index is 1.06. The molecule has 0 saturated carbocycles. The van der Waals surface area contributed by atoms with Crippen LogP contribution < -0.4 is 0 Å². The minimum atomic E-state index is 0.620. The second kappa shape index (κ2) is 13.8. The molecule has 12 rings (SSSR count). The quantitative estimate of drug-likeness (QED) is 0.169. The van der Waals surface area contributed by atoms with Gasteiger partial charge in [-0.2, -0.15) is 0 Å². The minimum Gasteiger partial charge on any atom is -0.456 e. The fourth-order valence-corrected chi connectivity index (χ4v) is 8.79. The molecular weight excluding hydrogens is 733 g/mol. The Morgan fingerprint density at radius 2 is 0.833 bits per heavy atom. The number of para-hydroxylation sites is 1. The molecule has 0 unspecified atom stereocenters. The average Bonchev–Trinajstić information content (AvgIpc) is 3.88. The molecule has 0 fully saturated rings. The van der Waals surface area contributed by atoms with Crippen LogP contribution in [0.1, 0.15) is 0 Å². The molecular formula is C55H34N4O. The van der Waals surface area contributed by atoms with Gasteiger partial charge in [0.2, 0.25) is 0 Å². The fourth-order valence-electron chi connectivity index (χ4n) is 8.79. The lowest BCUT2D eigenvalue weighted by Crippen LogP contribution is -2.00. The molecule has 0 bridgehead atoms. The van der Waals surface area contributed by atoms with Gasteiger partial charge < -0.3 is 8.98 Å². The summed E-state index contributed by atoms with van der Waals surface area (Å²) in [6, 6.07) is 72.3. The Morgan fingerprint density at radius 1 is 0.317 bits per heavy atom. The van der Waals surface area contributed by atoms with E-state index in [0.717, 1.165) is 66.5 Å². The second-order valence-electron chi connectivity index (χ2n) is 15.2. The van der Waals surface area contributed by atoms with Crippen LogP contribution in [0.3, 0.4) is 0 Å². The topological polar surface area (TPSA) is 56.7 Å². The van der Waals surface area contributed by atoms with Gasteiger partial charge in [-0.15, -0.1) is 0 Å². The highest BCUT2D eigenvalue weighted by Crippen LogP contribution is 2.44. The molecule has 0 spiro atoms. The molecule has 0 aliphatic carbocycles. The van der Waals surface area contributed by atoms with Gasteiger partial charge in [0.05, 0.1) is 22.1 Å². The van der Waals surface area contributed by atoms with Gasteiger partial charge in [0.15, 0.2) is 17.5 Å². The summed E-state index contributed by atoms with van der Waals surface area (Å²) in [5.74, 6) is 1.90. The highest BCUT2D eigenvalue weighted by molar-refractivity contribution is 6.23. The molecule has 5 nitrogen and oxygen atoms in total. The number of hydrogen-bond acceptors (Lipinski definition) is 4. The number of furan rings is 1. The van der Waals surface area contributed by atoms with Gasteiger partial charge in [-0.25, -0.2) is 15.0 Å². The van der Waals surface area contributed by atoms with Crippen molar-refractivity contribution in [3.63, 3.8) is 0 Å². The average molecular weight is 767 g/mol. The summed E-state index contributed by atoms with van der Waals surface area (Å²) in [6.45, 7) is 0. The maximum absolute atomic E-state index is 6.69. The minimum absolute atomic E-state index is 0.620. The summed E-state index contributed by atoms with van der Waals surface area (Å²) in [6.07, 6.45) is 0. The Kier molecular flexibility index (Phi) is 7.78. The highest BCUT2D eigenvalue weighted by Gasteiger charge is 2.21. The molecule has 60 heavy (non-hydrogen) atoms. The molecule has 0 amide bonds. The third-order valence-corrected chi connectivity index (χ3v) is 11.6. The molecule has 12 aromatic rings. The summed E-state index contributed by atoms with van der Waals surface area (Å²) in [4.78, 5) is 14.8. The van der Waals surface area contributed by atoms with E-state index in [9.17, 15) is 0 Å². The maximum Gasteiger partial charge on any atom is 0.164 e. The lowest BCUT2D eigenvalue weighted by atomic mass is 10.00. The first-order chi connectivity index (χ1) is 29.7. The van der Waals surface area contributed by atoms with Crippen molar-refractivity contribution in [2.45, 2.75) is 0 Å². The van der Waals surface area contributed by atoms with Crippen molar-refractivity contribution in [1.29, 1.82) is 0 Å². The van der Waals surface area contributed by atoms with E-state index < -0.39 is 0 Å². The van der Waals surface area contributed by atoms with Gasteiger partial charge in [-0.3, -0.25) is 0 Å². The Bertz CT molecular complexity index is 3520. The van der Waals surface area contributed by atoms with Crippen LogP contribution in [-0.4, -0.2) is 19.5 Å². The van der Waals surface area contributed by atoms with E-state index in [1.54, 1.807) is 0 Å². The Morgan fingerprint density at radius 3 is 1.52 bits per heavy atom. The monoisotopic (exact) mass is 766 g/mol. The van der Waals surface area contributed by atoms with Crippen LogP contribution in [0.2, 0.25) is 0 Å². The van der Waals surface area contributed by atoms with E-state index in [0.29, 0.717) is 17.5 Å². The number of rotatable bonds is 6. The molecule has 3 heterocycles. The van der Waals surface area contributed by atoms with Crippen molar-refractivity contribution < 1.29 is 4.42 Å². The van der Waals surface area contributed by atoms with E-state index in [1.807, 2.05) is 66.7 Å². The molecule has 0 saturated heterocycles. The molecule has 3 aromatic heterocycles. The zero-order valence-electron chi connectivity index (χ0n) is 32.3. The van der Waals surface area contributed by atoms with E-state index >= 15 is 0 Å². The standard InChI is InChI=1S/C55H34N4O/c1-4-14-35(15-5-1)41-29-30-46-45(32-41)51-43-21-11-10-16-37(43)28-31-47(51)59(46)48-33-42(34-50-52(48)44-22-12-13-23-49(44)60-50)36-24-26-40(27-25-36)55-57-53(38-17-6-2-7-18-38)56-54(58-55)39-19-8-3-9-20-39/h1-34H. The zero-order chi connectivity index (χ0) is 39.6. The third-order valence-electron chi connectivity index (χ3n) is 11.6. The first-order valence-corrected chi connectivity index (χ1v) is 20.2.